The third-order valence-electron chi connectivity index (χ3n) is 6.18. The average Bonchev–Trinajstić information content (AvgIpc) is 2.74. The molecule has 1 aromatic rings. The van der Waals surface area contributed by atoms with Crippen molar-refractivity contribution in [1.82, 2.24) is 4.90 Å². The Morgan fingerprint density at radius 3 is 2.87 bits per heavy atom. The first-order valence-electron chi connectivity index (χ1n) is 11.3. The summed E-state index contributed by atoms with van der Waals surface area (Å²) in [5, 5.41) is 0.741. The molecule has 2 aliphatic rings. The van der Waals surface area contributed by atoms with Gasteiger partial charge in [-0.25, -0.2) is 0 Å². The highest BCUT2D eigenvalue weighted by Crippen LogP contribution is 2.34. The van der Waals surface area contributed by atoms with Crippen molar-refractivity contribution in [3.63, 3.8) is 0 Å². The van der Waals surface area contributed by atoms with Crippen molar-refractivity contribution >= 4 is 17.2 Å². The Balaban J connectivity index is 1.91. The number of halogens is 1. The maximum absolute atomic E-state index is 6.37. The number of rotatable bonds is 6. The number of hydrogen-bond acceptors (Lipinski definition) is 3. The Hall–Kier alpha value is -1.71. The molecule has 3 atom stereocenters. The van der Waals surface area contributed by atoms with Gasteiger partial charge in [0.25, 0.3) is 0 Å². The van der Waals surface area contributed by atoms with E-state index in [0.29, 0.717) is 24.7 Å². The first-order chi connectivity index (χ1) is 14.5. The second-order valence-electron chi connectivity index (χ2n) is 8.68. The third kappa shape index (κ3) is 5.92. The van der Waals surface area contributed by atoms with Gasteiger partial charge in [0.1, 0.15) is 5.76 Å². The van der Waals surface area contributed by atoms with Gasteiger partial charge < -0.3 is 14.4 Å². The molecule has 0 bridgehead atoms. The number of hydrogen-bond donors (Lipinski definition) is 0. The summed E-state index contributed by atoms with van der Waals surface area (Å²) in [6.45, 7) is 10.0. The SMILES string of the molecule is C=C/C=C1\C(=C/N(C)C(CC)CC2CCCCO2)OCC(C)Cc2ccc(Cl)cc21. The largest absolute Gasteiger partial charge is 0.491 e. The monoisotopic (exact) mass is 429 g/mol. The second-order valence-corrected chi connectivity index (χ2v) is 9.12. The fourth-order valence-electron chi connectivity index (χ4n) is 4.46. The lowest BCUT2D eigenvalue weighted by atomic mass is 9.90. The zero-order valence-electron chi connectivity index (χ0n) is 18.7. The Morgan fingerprint density at radius 1 is 1.33 bits per heavy atom. The lowest BCUT2D eigenvalue weighted by Gasteiger charge is -2.33. The van der Waals surface area contributed by atoms with Crippen LogP contribution in [-0.4, -0.2) is 37.3 Å². The van der Waals surface area contributed by atoms with E-state index in [2.05, 4.69) is 50.7 Å². The molecule has 2 aliphatic heterocycles. The van der Waals surface area contributed by atoms with Crippen LogP contribution in [0.1, 0.15) is 57.1 Å². The molecule has 0 amide bonds. The second kappa shape index (κ2) is 11.1. The first-order valence-corrected chi connectivity index (χ1v) is 11.7. The molecule has 0 radical (unpaired) electrons. The molecule has 3 nitrogen and oxygen atoms in total. The Labute approximate surface area is 187 Å². The molecule has 1 aromatic carbocycles. The molecule has 0 aromatic heterocycles. The zero-order chi connectivity index (χ0) is 21.5. The van der Waals surface area contributed by atoms with Gasteiger partial charge in [-0.15, -0.1) is 0 Å². The summed E-state index contributed by atoms with van der Waals surface area (Å²) in [4.78, 5) is 2.31. The van der Waals surface area contributed by atoms with Crippen LogP contribution in [0.2, 0.25) is 5.02 Å². The standard InChI is InChI=1S/C26H36ClNO2/c1-5-9-24-25-15-21(27)12-11-20(25)14-19(3)18-30-26(24)17-28(4)22(6-2)16-23-10-7-8-13-29-23/h5,9,11-12,15,17,19,22-23H,1,6-8,10,13-14,16,18H2,2-4H3/b24-9-,26-17+. The predicted molar refractivity (Wildman–Crippen MR) is 127 cm³/mol. The van der Waals surface area contributed by atoms with Crippen molar-refractivity contribution in [2.24, 2.45) is 5.92 Å². The quantitative estimate of drug-likeness (QED) is 0.506. The van der Waals surface area contributed by atoms with Gasteiger partial charge in [-0.2, -0.15) is 0 Å². The van der Waals surface area contributed by atoms with E-state index in [-0.39, 0.29) is 0 Å². The highest BCUT2D eigenvalue weighted by Gasteiger charge is 2.24. The molecule has 3 unspecified atom stereocenters. The van der Waals surface area contributed by atoms with E-state index in [9.17, 15) is 0 Å². The van der Waals surface area contributed by atoms with Gasteiger partial charge >= 0.3 is 0 Å². The summed E-state index contributed by atoms with van der Waals surface area (Å²) >= 11 is 6.37. The number of fused-ring (bicyclic) bond motifs is 1. The lowest BCUT2D eigenvalue weighted by Crippen LogP contribution is -2.33. The normalized spacial score (nSPS) is 25.7. The minimum absolute atomic E-state index is 0.366. The van der Waals surface area contributed by atoms with Crippen LogP contribution in [0.15, 0.2) is 48.9 Å². The Bertz CT molecular complexity index is 779. The molecule has 0 N–H and O–H groups in total. The van der Waals surface area contributed by atoms with Crippen LogP contribution in [0.4, 0.5) is 0 Å². The van der Waals surface area contributed by atoms with E-state index < -0.39 is 0 Å². The minimum atomic E-state index is 0.366. The van der Waals surface area contributed by atoms with Gasteiger partial charge in [-0.05, 0) is 67.7 Å². The minimum Gasteiger partial charge on any atom is -0.491 e. The first kappa shape index (κ1) is 23.0. The van der Waals surface area contributed by atoms with Gasteiger partial charge in [0, 0.05) is 36.5 Å². The summed E-state index contributed by atoms with van der Waals surface area (Å²) in [5.74, 6) is 1.32. The van der Waals surface area contributed by atoms with Crippen molar-refractivity contribution < 1.29 is 9.47 Å². The number of benzene rings is 1. The van der Waals surface area contributed by atoms with Crippen LogP contribution in [-0.2, 0) is 15.9 Å². The van der Waals surface area contributed by atoms with Crippen LogP contribution >= 0.6 is 11.6 Å². The predicted octanol–water partition coefficient (Wildman–Crippen LogP) is 6.63. The molecule has 2 heterocycles. The molecule has 30 heavy (non-hydrogen) atoms. The topological polar surface area (TPSA) is 21.7 Å². The molecule has 0 spiro atoms. The molecule has 1 saturated heterocycles. The summed E-state index contributed by atoms with van der Waals surface area (Å²) in [5.41, 5.74) is 3.49. The van der Waals surface area contributed by atoms with E-state index in [1.165, 1.54) is 24.8 Å². The van der Waals surface area contributed by atoms with Crippen molar-refractivity contribution in [2.45, 2.75) is 64.5 Å². The lowest BCUT2D eigenvalue weighted by molar-refractivity contribution is -0.00147. The van der Waals surface area contributed by atoms with Crippen LogP contribution in [0.5, 0.6) is 0 Å². The number of allylic oxidation sites excluding steroid dienone is 3. The van der Waals surface area contributed by atoms with E-state index in [4.69, 9.17) is 21.1 Å². The van der Waals surface area contributed by atoms with Gasteiger partial charge in [-0.1, -0.05) is 50.2 Å². The molecule has 3 rings (SSSR count). The van der Waals surface area contributed by atoms with Crippen LogP contribution in [0, 0.1) is 5.92 Å². The molecule has 0 saturated carbocycles. The summed E-state index contributed by atoms with van der Waals surface area (Å²) < 4.78 is 12.3. The number of ether oxygens (including phenoxy) is 2. The van der Waals surface area contributed by atoms with E-state index in [1.807, 2.05) is 18.2 Å². The molecule has 0 aliphatic carbocycles. The molecule has 4 heteroatoms. The van der Waals surface area contributed by atoms with Crippen LogP contribution in [0.3, 0.4) is 0 Å². The van der Waals surface area contributed by atoms with Gasteiger partial charge in [-0.3, -0.25) is 0 Å². The van der Waals surface area contributed by atoms with Gasteiger partial charge in [0.2, 0.25) is 0 Å². The highest BCUT2D eigenvalue weighted by molar-refractivity contribution is 6.30. The smallest absolute Gasteiger partial charge is 0.142 e. The Morgan fingerprint density at radius 2 is 2.17 bits per heavy atom. The average molecular weight is 430 g/mol. The van der Waals surface area contributed by atoms with E-state index >= 15 is 0 Å². The van der Waals surface area contributed by atoms with Crippen molar-refractivity contribution in [3.05, 3.63) is 65.0 Å². The zero-order valence-corrected chi connectivity index (χ0v) is 19.5. The van der Waals surface area contributed by atoms with Crippen LogP contribution < -0.4 is 0 Å². The summed E-state index contributed by atoms with van der Waals surface area (Å²) in [6.07, 6.45) is 13.1. The molecular formula is C26H36ClNO2. The third-order valence-corrected chi connectivity index (χ3v) is 6.42. The molecular weight excluding hydrogens is 394 g/mol. The van der Waals surface area contributed by atoms with Gasteiger partial charge in [0.05, 0.1) is 12.7 Å². The van der Waals surface area contributed by atoms with Crippen molar-refractivity contribution in [1.29, 1.82) is 0 Å². The maximum Gasteiger partial charge on any atom is 0.142 e. The van der Waals surface area contributed by atoms with Crippen molar-refractivity contribution in [3.8, 4) is 0 Å². The van der Waals surface area contributed by atoms with Gasteiger partial charge in [0.15, 0.2) is 0 Å². The fraction of sp³-hybridized carbons (Fsp3) is 0.538. The van der Waals surface area contributed by atoms with Crippen LogP contribution in [0.25, 0.3) is 5.57 Å². The van der Waals surface area contributed by atoms with Crippen molar-refractivity contribution in [2.75, 3.05) is 20.3 Å². The maximum atomic E-state index is 6.37. The molecule has 164 valence electrons. The molecule has 1 fully saturated rings. The van der Waals surface area contributed by atoms with E-state index in [1.54, 1.807) is 0 Å². The Kier molecular flexibility index (Phi) is 8.47. The summed E-state index contributed by atoms with van der Waals surface area (Å²) in [7, 11) is 2.15. The van der Waals surface area contributed by atoms with E-state index in [0.717, 1.165) is 47.8 Å². The highest BCUT2D eigenvalue weighted by atomic mass is 35.5. The fourth-order valence-corrected chi connectivity index (χ4v) is 4.63. The number of nitrogens with zero attached hydrogens (tertiary/aromatic N) is 1. The summed E-state index contributed by atoms with van der Waals surface area (Å²) in [6, 6.07) is 6.59.